The average molecular weight is 422 g/mol. The number of hydrogen-bond acceptors (Lipinski definition) is 3. The third-order valence-corrected chi connectivity index (χ3v) is 5.26. The van der Waals surface area contributed by atoms with Gasteiger partial charge in [-0.1, -0.05) is 43.3 Å². The predicted molar refractivity (Wildman–Crippen MR) is 122 cm³/mol. The highest BCUT2D eigenvalue weighted by atomic mass is 19.1. The highest BCUT2D eigenvalue weighted by molar-refractivity contribution is 5.74. The summed E-state index contributed by atoms with van der Waals surface area (Å²) in [7, 11) is 0. The number of hydrogen-bond donors (Lipinski definition) is 1. The Morgan fingerprint density at radius 1 is 1.06 bits per heavy atom. The zero-order chi connectivity index (χ0) is 22.4. The van der Waals surface area contributed by atoms with Gasteiger partial charge in [-0.25, -0.2) is 9.18 Å². The van der Waals surface area contributed by atoms with Gasteiger partial charge in [0.05, 0.1) is 0 Å². The van der Waals surface area contributed by atoms with E-state index in [1.54, 1.807) is 0 Å². The first-order valence-corrected chi connectivity index (χ1v) is 10.4. The third-order valence-electron chi connectivity index (χ3n) is 5.26. The number of anilines is 1. The number of aryl methyl sites for hydroxylation is 1. The molecule has 0 aromatic heterocycles. The largest absolute Gasteiger partial charge is 0.482 e. The summed E-state index contributed by atoms with van der Waals surface area (Å²) >= 11 is 0. The zero-order valence-electron chi connectivity index (χ0n) is 18.2. The summed E-state index contributed by atoms with van der Waals surface area (Å²) in [5.41, 5.74) is 6.42. The minimum atomic E-state index is -0.992. The first-order valence-electron chi connectivity index (χ1n) is 10.4. The fraction of sp³-hybridized carbons (Fsp3) is 0.269. The van der Waals surface area contributed by atoms with Crippen molar-refractivity contribution >= 4 is 11.7 Å². The van der Waals surface area contributed by atoms with Crippen molar-refractivity contribution in [1.82, 2.24) is 0 Å². The second-order valence-electron chi connectivity index (χ2n) is 7.66. The number of aliphatic carboxylic acids is 1. The van der Waals surface area contributed by atoms with Crippen LogP contribution in [0.4, 0.5) is 10.1 Å². The number of rotatable bonds is 9. The van der Waals surface area contributed by atoms with E-state index in [4.69, 9.17) is 9.84 Å². The molecule has 31 heavy (non-hydrogen) atoms. The molecule has 0 amide bonds. The second kappa shape index (κ2) is 10.1. The van der Waals surface area contributed by atoms with E-state index >= 15 is 0 Å². The molecule has 4 nitrogen and oxygen atoms in total. The molecule has 3 aromatic carbocycles. The summed E-state index contributed by atoms with van der Waals surface area (Å²) in [6, 6.07) is 18.7. The first-order chi connectivity index (χ1) is 14.9. The monoisotopic (exact) mass is 421 g/mol. The van der Waals surface area contributed by atoms with Gasteiger partial charge < -0.3 is 14.7 Å². The maximum Gasteiger partial charge on any atom is 0.341 e. The number of halogens is 1. The van der Waals surface area contributed by atoms with E-state index in [1.807, 2.05) is 43.3 Å². The third kappa shape index (κ3) is 5.63. The van der Waals surface area contributed by atoms with Crippen LogP contribution < -0.4 is 9.64 Å². The lowest BCUT2D eigenvalue weighted by Gasteiger charge is -2.28. The minimum absolute atomic E-state index is 0.240. The first kappa shape index (κ1) is 22.3. The van der Waals surface area contributed by atoms with Crippen molar-refractivity contribution in [3.05, 3.63) is 83.2 Å². The fourth-order valence-electron chi connectivity index (χ4n) is 3.79. The molecule has 5 heteroatoms. The van der Waals surface area contributed by atoms with Gasteiger partial charge in [0.1, 0.15) is 11.6 Å². The van der Waals surface area contributed by atoms with Crippen LogP contribution in [0.15, 0.2) is 60.7 Å². The van der Waals surface area contributed by atoms with Crippen LogP contribution in [-0.4, -0.2) is 24.2 Å². The average Bonchev–Trinajstić information content (AvgIpc) is 2.74. The van der Waals surface area contributed by atoms with Gasteiger partial charge in [0.25, 0.3) is 0 Å². The van der Waals surface area contributed by atoms with Gasteiger partial charge >= 0.3 is 5.97 Å². The quantitative estimate of drug-likeness (QED) is 0.461. The molecule has 0 heterocycles. The number of ether oxygens (including phenoxy) is 1. The summed E-state index contributed by atoms with van der Waals surface area (Å²) in [5, 5.41) is 8.82. The van der Waals surface area contributed by atoms with Crippen LogP contribution in [0.25, 0.3) is 11.1 Å². The smallest absolute Gasteiger partial charge is 0.341 e. The van der Waals surface area contributed by atoms with Gasteiger partial charge in [-0.15, -0.1) is 0 Å². The standard InChI is InChI=1S/C26H28FNO3/c1-4-14-28(16-20-8-13-25(18(2)15-20)31-17-26(29)30)24-7-5-6-23(19(24)3)21-9-11-22(27)12-10-21/h5-13,15H,4,14,16-17H2,1-3H3,(H,29,30). The van der Waals surface area contributed by atoms with Crippen LogP contribution in [0.5, 0.6) is 5.75 Å². The lowest BCUT2D eigenvalue weighted by atomic mass is 9.98. The van der Waals surface area contributed by atoms with Crippen molar-refractivity contribution < 1.29 is 19.0 Å². The van der Waals surface area contributed by atoms with Crippen LogP contribution in [-0.2, 0) is 11.3 Å². The molecule has 0 aliphatic carbocycles. The maximum absolute atomic E-state index is 13.4. The molecular weight excluding hydrogens is 393 g/mol. The summed E-state index contributed by atoms with van der Waals surface area (Å²) < 4.78 is 18.7. The lowest BCUT2D eigenvalue weighted by molar-refractivity contribution is -0.139. The highest BCUT2D eigenvalue weighted by Gasteiger charge is 2.14. The molecule has 1 N–H and O–H groups in total. The van der Waals surface area contributed by atoms with Gasteiger partial charge in [0.15, 0.2) is 6.61 Å². The van der Waals surface area contributed by atoms with Crippen molar-refractivity contribution in [2.45, 2.75) is 33.7 Å². The van der Waals surface area contributed by atoms with Crippen LogP contribution in [0.1, 0.15) is 30.0 Å². The maximum atomic E-state index is 13.4. The molecule has 162 valence electrons. The summed E-state index contributed by atoms with van der Waals surface area (Å²) in [6.45, 7) is 7.44. The van der Waals surface area contributed by atoms with Gasteiger partial charge in [-0.2, -0.15) is 0 Å². The van der Waals surface area contributed by atoms with E-state index in [0.717, 1.165) is 53.0 Å². The van der Waals surface area contributed by atoms with Crippen LogP contribution in [0, 0.1) is 19.7 Å². The zero-order valence-corrected chi connectivity index (χ0v) is 18.2. The molecule has 0 atom stereocenters. The minimum Gasteiger partial charge on any atom is -0.482 e. The molecule has 0 radical (unpaired) electrons. The second-order valence-corrected chi connectivity index (χ2v) is 7.66. The predicted octanol–water partition coefficient (Wildman–Crippen LogP) is 5.99. The Morgan fingerprint density at radius 2 is 1.81 bits per heavy atom. The van der Waals surface area contributed by atoms with Gasteiger partial charge in [0.2, 0.25) is 0 Å². The SMILES string of the molecule is CCCN(Cc1ccc(OCC(=O)O)c(C)c1)c1cccc(-c2ccc(F)cc2)c1C. The van der Waals surface area contributed by atoms with Crippen molar-refractivity contribution in [3.63, 3.8) is 0 Å². The molecule has 0 saturated carbocycles. The highest BCUT2D eigenvalue weighted by Crippen LogP contribution is 2.32. The van der Waals surface area contributed by atoms with Crippen molar-refractivity contribution in [2.24, 2.45) is 0 Å². The molecule has 0 bridgehead atoms. The molecule has 0 saturated heterocycles. The molecule has 0 spiro atoms. The van der Waals surface area contributed by atoms with Crippen LogP contribution >= 0.6 is 0 Å². The lowest BCUT2D eigenvalue weighted by Crippen LogP contribution is -2.24. The molecular formula is C26H28FNO3. The number of benzene rings is 3. The van der Waals surface area contributed by atoms with Gasteiger partial charge in [-0.3, -0.25) is 0 Å². The normalized spacial score (nSPS) is 10.7. The Morgan fingerprint density at radius 3 is 2.45 bits per heavy atom. The topological polar surface area (TPSA) is 49.8 Å². The fourth-order valence-corrected chi connectivity index (χ4v) is 3.79. The molecule has 0 unspecified atom stereocenters. The van der Waals surface area contributed by atoms with E-state index < -0.39 is 5.97 Å². The number of carbonyl (C=O) groups is 1. The number of carboxylic acid groups (broad SMARTS) is 1. The number of nitrogens with zero attached hydrogens (tertiary/aromatic N) is 1. The van der Waals surface area contributed by atoms with Crippen LogP contribution in [0.2, 0.25) is 0 Å². The van der Waals surface area contributed by atoms with Crippen molar-refractivity contribution in [1.29, 1.82) is 0 Å². The molecule has 0 aliphatic heterocycles. The van der Waals surface area contributed by atoms with Crippen molar-refractivity contribution in [3.8, 4) is 16.9 Å². The van der Waals surface area contributed by atoms with E-state index in [-0.39, 0.29) is 12.4 Å². The van der Waals surface area contributed by atoms with Gasteiger partial charge in [0, 0.05) is 18.8 Å². The summed E-state index contributed by atoms with van der Waals surface area (Å²) in [5.74, 6) is -0.645. The van der Waals surface area contributed by atoms with E-state index in [0.29, 0.717) is 5.75 Å². The van der Waals surface area contributed by atoms with Crippen molar-refractivity contribution in [2.75, 3.05) is 18.1 Å². The summed E-state index contributed by atoms with van der Waals surface area (Å²) in [6.07, 6.45) is 0.999. The van der Waals surface area contributed by atoms with E-state index in [2.05, 4.69) is 30.9 Å². The molecule has 3 aromatic rings. The van der Waals surface area contributed by atoms with Gasteiger partial charge in [-0.05, 0) is 72.4 Å². The Hall–Kier alpha value is -3.34. The molecule has 0 fully saturated rings. The Bertz CT molecular complexity index is 1050. The van der Waals surface area contributed by atoms with Crippen LogP contribution in [0.3, 0.4) is 0 Å². The molecule has 3 rings (SSSR count). The van der Waals surface area contributed by atoms with E-state index in [9.17, 15) is 9.18 Å². The number of carboxylic acids is 1. The van der Waals surface area contributed by atoms with E-state index in [1.165, 1.54) is 12.1 Å². The Kier molecular flexibility index (Phi) is 7.29. The molecule has 0 aliphatic rings. The summed E-state index contributed by atoms with van der Waals surface area (Å²) in [4.78, 5) is 13.1. The Balaban J connectivity index is 1.87. The Labute approximate surface area is 182 Å².